The van der Waals surface area contributed by atoms with Crippen molar-refractivity contribution in [1.82, 2.24) is 4.98 Å². The molecule has 118 valence electrons. The van der Waals surface area contributed by atoms with Crippen LogP contribution in [-0.2, 0) is 7.05 Å². The third-order valence-corrected chi connectivity index (χ3v) is 3.92. The molecule has 3 aromatic rings. The molecule has 0 aliphatic heterocycles. The van der Waals surface area contributed by atoms with Gasteiger partial charge in [0.05, 0.1) is 11.3 Å². The molecular formula is C21H15N4+. The van der Waals surface area contributed by atoms with Gasteiger partial charge in [-0.25, -0.2) is 4.57 Å². The molecule has 4 heteroatoms. The highest BCUT2D eigenvalue weighted by Gasteiger charge is 2.12. The zero-order valence-electron chi connectivity index (χ0n) is 13.7. The number of rotatable bonds is 2. The van der Waals surface area contributed by atoms with Crippen molar-refractivity contribution in [2.45, 2.75) is 0 Å². The summed E-state index contributed by atoms with van der Waals surface area (Å²) in [4.78, 5) is 4.24. The number of benzene rings is 1. The molecule has 2 heterocycles. The molecule has 0 fully saturated rings. The Morgan fingerprint density at radius 2 is 1.48 bits per heavy atom. The first-order chi connectivity index (χ1) is 12.2. The lowest BCUT2D eigenvalue weighted by molar-refractivity contribution is -0.673. The molecule has 2 aromatic heterocycles. The van der Waals surface area contributed by atoms with Gasteiger partial charge in [-0.15, -0.1) is 0 Å². The predicted octanol–water partition coefficient (Wildman–Crippen LogP) is 1.35. The zero-order valence-corrected chi connectivity index (χ0v) is 13.7. The van der Waals surface area contributed by atoms with Crippen LogP contribution >= 0.6 is 0 Å². The summed E-state index contributed by atoms with van der Waals surface area (Å²) in [6.07, 6.45) is 3.57. The summed E-state index contributed by atoms with van der Waals surface area (Å²) in [5, 5.41) is 20.7. The van der Waals surface area contributed by atoms with Crippen molar-refractivity contribution in [3.8, 4) is 12.1 Å². The van der Waals surface area contributed by atoms with Crippen LogP contribution in [0.5, 0.6) is 0 Å². The van der Waals surface area contributed by atoms with E-state index >= 15 is 0 Å². The number of pyridine rings is 2. The summed E-state index contributed by atoms with van der Waals surface area (Å²) in [6, 6.07) is 23.1. The monoisotopic (exact) mass is 323 g/mol. The fourth-order valence-electron chi connectivity index (χ4n) is 2.64. The number of hydrogen-bond donors (Lipinski definition) is 0. The molecule has 0 saturated carbocycles. The van der Waals surface area contributed by atoms with Crippen molar-refractivity contribution < 1.29 is 4.57 Å². The van der Waals surface area contributed by atoms with E-state index in [0.29, 0.717) is 16.8 Å². The van der Waals surface area contributed by atoms with Gasteiger partial charge in [0, 0.05) is 18.3 Å². The van der Waals surface area contributed by atoms with Gasteiger partial charge in [-0.2, -0.15) is 10.5 Å². The zero-order chi connectivity index (χ0) is 17.6. The van der Waals surface area contributed by atoms with Crippen LogP contribution < -0.4 is 15.0 Å². The van der Waals surface area contributed by atoms with Gasteiger partial charge in [0.15, 0.2) is 6.20 Å². The van der Waals surface area contributed by atoms with Gasteiger partial charge < -0.3 is 0 Å². The van der Waals surface area contributed by atoms with Crippen LogP contribution in [0.2, 0.25) is 0 Å². The third-order valence-electron chi connectivity index (χ3n) is 3.92. The van der Waals surface area contributed by atoms with E-state index in [0.717, 1.165) is 16.1 Å². The number of hydrogen-bond acceptors (Lipinski definition) is 3. The first kappa shape index (κ1) is 16.1. The van der Waals surface area contributed by atoms with E-state index < -0.39 is 0 Å². The molecule has 0 atom stereocenters. The maximum Gasteiger partial charge on any atom is 0.223 e. The molecule has 1 aromatic carbocycles. The Bertz CT molecular complexity index is 1090. The first-order valence-corrected chi connectivity index (χ1v) is 7.76. The SMILES string of the molecule is C[n+]1ccccc1C(C#N)=c1ccc(=C(C#N)c2ccccn2)cc1. The van der Waals surface area contributed by atoms with Gasteiger partial charge >= 0.3 is 0 Å². The summed E-state index contributed by atoms with van der Waals surface area (Å²) in [6.45, 7) is 0. The minimum Gasteiger partial charge on any atom is -0.255 e. The molecule has 0 aliphatic rings. The molecular weight excluding hydrogens is 308 g/mol. The van der Waals surface area contributed by atoms with Crippen molar-refractivity contribution in [3.05, 3.63) is 94.9 Å². The highest BCUT2D eigenvalue weighted by Crippen LogP contribution is 2.06. The first-order valence-electron chi connectivity index (χ1n) is 7.76. The fourth-order valence-corrected chi connectivity index (χ4v) is 2.64. The Balaban J connectivity index is 2.21. The summed E-state index contributed by atoms with van der Waals surface area (Å²) >= 11 is 0. The van der Waals surface area contributed by atoms with E-state index in [4.69, 9.17) is 0 Å². The van der Waals surface area contributed by atoms with Gasteiger partial charge in [0.1, 0.15) is 24.8 Å². The largest absolute Gasteiger partial charge is 0.255 e. The lowest BCUT2D eigenvalue weighted by Gasteiger charge is -1.99. The van der Waals surface area contributed by atoms with Crippen molar-refractivity contribution in [1.29, 1.82) is 10.5 Å². The van der Waals surface area contributed by atoms with E-state index in [9.17, 15) is 10.5 Å². The van der Waals surface area contributed by atoms with E-state index in [1.807, 2.05) is 78.5 Å². The van der Waals surface area contributed by atoms with Gasteiger partial charge in [-0.05, 0) is 28.6 Å². The molecule has 25 heavy (non-hydrogen) atoms. The Kier molecular flexibility index (Phi) is 4.65. The lowest BCUT2D eigenvalue weighted by Crippen LogP contribution is -2.33. The van der Waals surface area contributed by atoms with Crippen molar-refractivity contribution in [2.75, 3.05) is 0 Å². The average Bonchev–Trinajstić information content (AvgIpc) is 2.66. The third kappa shape index (κ3) is 3.29. The van der Waals surface area contributed by atoms with E-state index in [1.165, 1.54) is 0 Å². The van der Waals surface area contributed by atoms with E-state index in [2.05, 4.69) is 17.1 Å². The molecule has 0 radical (unpaired) electrons. The normalized spacial score (nSPS) is 9.72. The Morgan fingerprint density at radius 1 is 0.840 bits per heavy atom. The maximum absolute atomic E-state index is 9.59. The van der Waals surface area contributed by atoms with E-state index in [-0.39, 0.29) is 0 Å². The molecule has 0 bridgehead atoms. The number of aromatic nitrogens is 2. The van der Waals surface area contributed by atoms with E-state index in [1.54, 1.807) is 6.20 Å². The summed E-state index contributed by atoms with van der Waals surface area (Å²) in [5.41, 5.74) is 2.57. The molecule has 0 saturated heterocycles. The molecule has 0 N–H and O–H groups in total. The van der Waals surface area contributed by atoms with Crippen molar-refractivity contribution >= 4 is 11.1 Å². The fraction of sp³-hybridized carbons (Fsp3) is 0.0476. The van der Waals surface area contributed by atoms with Crippen LogP contribution in [0, 0.1) is 22.7 Å². The summed E-state index contributed by atoms with van der Waals surface area (Å²) in [7, 11) is 1.91. The highest BCUT2D eigenvalue weighted by atomic mass is 14.9. The second kappa shape index (κ2) is 7.21. The van der Waals surface area contributed by atoms with Gasteiger partial charge in [0.2, 0.25) is 5.69 Å². The molecule has 0 spiro atoms. The van der Waals surface area contributed by atoms with Crippen LogP contribution in [-0.4, -0.2) is 4.98 Å². The standard InChI is InChI=1S/C21H15N4/c1-25-13-5-3-7-21(25)19(15-23)17-10-8-16(9-11-17)18(14-22)20-6-2-4-12-24-20/h2-13H,1H3/q+1. The molecule has 0 aliphatic carbocycles. The second-order valence-corrected chi connectivity index (χ2v) is 5.46. The van der Waals surface area contributed by atoms with Crippen LogP contribution in [0.1, 0.15) is 11.4 Å². The summed E-state index contributed by atoms with van der Waals surface area (Å²) in [5.74, 6) is 0. The number of nitrogens with zero attached hydrogens (tertiary/aromatic N) is 4. The average molecular weight is 323 g/mol. The second-order valence-electron chi connectivity index (χ2n) is 5.46. The van der Waals surface area contributed by atoms with Gasteiger partial charge in [-0.3, -0.25) is 4.98 Å². The maximum atomic E-state index is 9.59. The molecule has 3 rings (SSSR count). The minimum atomic E-state index is 0.510. The number of nitriles is 2. The minimum absolute atomic E-state index is 0.510. The Hall–Kier alpha value is -3.76. The van der Waals surface area contributed by atoms with Gasteiger partial charge in [0.25, 0.3) is 0 Å². The molecule has 4 nitrogen and oxygen atoms in total. The van der Waals surface area contributed by atoms with Crippen LogP contribution in [0.4, 0.5) is 0 Å². The highest BCUT2D eigenvalue weighted by molar-refractivity contribution is 5.75. The smallest absolute Gasteiger partial charge is 0.223 e. The lowest BCUT2D eigenvalue weighted by atomic mass is 10.1. The topological polar surface area (TPSA) is 64.3 Å². The van der Waals surface area contributed by atoms with Crippen LogP contribution in [0.15, 0.2) is 73.1 Å². The van der Waals surface area contributed by atoms with Gasteiger partial charge in [-0.1, -0.05) is 30.3 Å². The van der Waals surface area contributed by atoms with Crippen molar-refractivity contribution in [3.63, 3.8) is 0 Å². The Morgan fingerprint density at radius 3 is 2.04 bits per heavy atom. The van der Waals surface area contributed by atoms with Crippen molar-refractivity contribution in [2.24, 2.45) is 7.05 Å². The summed E-state index contributed by atoms with van der Waals surface area (Å²) < 4.78 is 1.91. The molecule has 0 unspecified atom stereocenters. The molecule has 0 amide bonds. The van der Waals surface area contributed by atoms with Crippen LogP contribution in [0.3, 0.4) is 0 Å². The number of aryl methyl sites for hydroxylation is 1. The quantitative estimate of drug-likeness (QED) is 0.669. The predicted molar refractivity (Wildman–Crippen MR) is 93.8 cm³/mol. The van der Waals surface area contributed by atoms with Crippen LogP contribution in [0.25, 0.3) is 11.1 Å². The Labute approximate surface area is 145 Å².